The van der Waals surface area contributed by atoms with Crippen LogP contribution >= 0.6 is 0 Å². The van der Waals surface area contributed by atoms with E-state index in [0.717, 1.165) is 11.3 Å². The molecule has 0 fully saturated rings. The quantitative estimate of drug-likeness (QED) is 0.797. The number of carbonyl (C=O) groups is 1. The molecule has 0 unspecified atom stereocenters. The molecule has 2 aromatic carbocycles. The molecule has 4 nitrogen and oxygen atoms in total. The van der Waals surface area contributed by atoms with Crippen molar-refractivity contribution in [3.8, 4) is 11.5 Å². The minimum Gasteiger partial charge on any atom is -0.497 e. The van der Waals surface area contributed by atoms with E-state index >= 15 is 0 Å². The monoisotopic (exact) mass is 355 g/mol. The summed E-state index contributed by atoms with van der Waals surface area (Å²) in [6, 6.07) is 15.6. The second kappa shape index (κ2) is 8.75. The summed E-state index contributed by atoms with van der Waals surface area (Å²) in [7, 11) is 1.63. The zero-order chi connectivity index (χ0) is 19.2. The summed E-state index contributed by atoms with van der Waals surface area (Å²) in [4.78, 5) is 12.4. The normalized spacial score (nSPS) is 12.3. The number of benzene rings is 2. The summed E-state index contributed by atoms with van der Waals surface area (Å²) >= 11 is 0. The predicted octanol–water partition coefficient (Wildman–Crippen LogP) is 4.47. The second-order valence-electron chi connectivity index (χ2n) is 7.35. The van der Waals surface area contributed by atoms with Crippen molar-refractivity contribution in [3.63, 3.8) is 0 Å². The summed E-state index contributed by atoms with van der Waals surface area (Å²) in [5.41, 5.74) is 2.35. The average molecular weight is 355 g/mol. The molecule has 0 bridgehead atoms. The van der Waals surface area contributed by atoms with Gasteiger partial charge in [0.1, 0.15) is 11.5 Å². The first-order valence-electron chi connectivity index (χ1n) is 9.01. The van der Waals surface area contributed by atoms with Gasteiger partial charge >= 0.3 is 0 Å². The fourth-order valence-electron chi connectivity index (χ4n) is 2.57. The van der Waals surface area contributed by atoms with Crippen LogP contribution in [-0.4, -0.2) is 19.1 Å². The Morgan fingerprint density at radius 1 is 1.00 bits per heavy atom. The fraction of sp³-hybridized carbons (Fsp3) is 0.409. The Bertz CT molecular complexity index is 700. The van der Waals surface area contributed by atoms with Crippen LogP contribution in [0.25, 0.3) is 0 Å². The Balaban J connectivity index is 1.93. The smallest absolute Gasteiger partial charge is 0.261 e. The van der Waals surface area contributed by atoms with Crippen molar-refractivity contribution in [1.82, 2.24) is 5.32 Å². The Morgan fingerprint density at radius 3 is 2.08 bits per heavy atom. The first kappa shape index (κ1) is 19.8. The van der Waals surface area contributed by atoms with Crippen LogP contribution in [0.15, 0.2) is 48.5 Å². The minimum absolute atomic E-state index is 0.0957. The van der Waals surface area contributed by atoms with E-state index in [1.54, 1.807) is 7.11 Å². The Kier molecular flexibility index (Phi) is 6.67. The highest BCUT2D eigenvalue weighted by molar-refractivity contribution is 5.81. The van der Waals surface area contributed by atoms with E-state index in [2.05, 4.69) is 38.2 Å². The molecular weight excluding hydrogens is 326 g/mol. The maximum Gasteiger partial charge on any atom is 0.261 e. The third-order valence-electron chi connectivity index (χ3n) is 4.29. The van der Waals surface area contributed by atoms with Crippen LogP contribution in [0.2, 0.25) is 0 Å². The van der Waals surface area contributed by atoms with Gasteiger partial charge in [-0.2, -0.15) is 0 Å². The van der Waals surface area contributed by atoms with Gasteiger partial charge < -0.3 is 14.8 Å². The van der Waals surface area contributed by atoms with E-state index in [9.17, 15) is 4.79 Å². The Labute approximate surface area is 156 Å². The Morgan fingerprint density at radius 2 is 1.58 bits per heavy atom. The van der Waals surface area contributed by atoms with Gasteiger partial charge in [-0.15, -0.1) is 0 Å². The van der Waals surface area contributed by atoms with Crippen molar-refractivity contribution >= 4 is 5.91 Å². The molecule has 0 radical (unpaired) electrons. The molecule has 2 aromatic rings. The molecule has 26 heavy (non-hydrogen) atoms. The van der Waals surface area contributed by atoms with Gasteiger partial charge in [0.25, 0.3) is 5.91 Å². The van der Waals surface area contributed by atoms with E-state index in [1.165, 1.54) is 5.56 Å². The van der Waals surface area contributed by atoms with Gasteiger partial charge in [0, 0.05) is 6.54 Å². The SMILES string of the molecule is CC[C@@H](Oc1ccc(C(C)(C)C)cc1)C(=O)NCc1ccc(OC)cc1. The van der Waals surface area contributed by atoms with Gasteiger partial charge in [-0.05, 0) is 47.2 Å². The number of amides is 1. The van der Waals surface area contributed by atoms with E-state index in [-0.39, 0.29) is 11.3 Å². The summed E-state index contributed by atoms with van der Waals surface area (Å²) in [6.45, 7) is 8.92. The number of hydrogen-bond acceptors (Lipinski definition) is 3. The van der Waals surface area contributed by atoms with Gasteiger partial charge in [-0.3, -0.25) is 4.79 Å². The largest absolute Gasteiger partial charge is 0.497 e. The molecule has 0 aliphatic heterocycles. The van der Waals surface area contributed by atoms with Crippen molar-refractivity contribution < 1.29 is 14.3 Å². The molecule has 0 saturated carbocycles. The van der Waals surface area contributed by atoms with Gasteiger partial charge in [0.2, 0.25) is 0 Å². The van der Waals surface area contributed by atoms with E-state index in [1.807, 2.05) is 43.3 Å². The molecule has 0 spiro atoms. The van der Waals surface area contributed by atoms with E-state index in [0.29, 0.717) is 18.7 Å². The maximum absolute atomic E-state index is 12.4. The summed E-state index contributed by atoms with van der Waals surface area (Å²) < 4.78 is 11.0. The van der Waals surface area contributed by atoms with Crippen LogP contribution in [0.5, 0.6) is 11.5 Å². The standard InChI is InChI=1S/C22H29NO3/c1-6-20(26-19-13-9-17(10-14-19)22(2,3)4)21(24)23-15-16-7-11-18(25-5)12-8-16/h7-14,20H,6,15H2,1-5H3,(H,23,24)/t20-/m1/s1. The summed E-state index contributed by atoms with van der Waals surface area (Å²) in [6.07, 6.45) is 0.101. The number of hydrogen-bond donors (Lipinski definition) is 1. The third-order valence-corrected chi connectivity index (χ3v) is 4.29. The first-order valence-corrected chi connectivity index (χ1v) is 9.01. The van der Waals surface area contributed by atoms with Crippen LogP contribution in [0.1, 0.15) is 45.2 Å². The van der Waals surface area contributed by atoms with Crippen LogP contribution < -0.4 is 14.8 Å². The highest BCUT2D eigenvalue weighted by Crippen LogP contribution is 2.25. The lowest BCUT2D eigenvalue weighted by molar-refractivity contribution is -0.128. The average Bonchev–Trinajstić information content (AvgIpc) is 2.64. The molecule has 1 atom stereocenters. The molecule has 1 N–H and O–H groups in total. The van der Waals surface area contributed by atoms with Gasteiger partial charge in [0.15, 0.2) is 6.10 Å². The Hall–Kier alpha value is -2.49. The number of rotatable bonds is 7. The molecule has 1 amide bonds. The molecule has 0 heterocycles. The lowest BCUT2D eigenvalue weighted by Gasteiger charge is -2.21. The van der Waals surface area contributed by atoms with Gasteiger partial charge in [0.05, 0.1) is 7.11 Å². The molecule has 0 aliphatic carbocycles. The number of nitrogens with one attached hydrogen (secondary N) is 1. The fourth-order valence-corrected chi connectivity index (χ4v) is 2.57. The predicted molar refractivity (Wildman–Crippen MR) is 105 cm³/mol. The molecule has 0 saturated heterocycles. The van der Waals surface area contributed by atoms with Crippen molar-refractivity contribution in [2.75, 3.05) is 7.11 Å². The lowest BCUT2D eigenvalue weighted by Crippen LogP contribution is -2.37. The van der Waals surface area contributed by atoms with Crippen LogP contribution in [0.4, 0.5) is 0 Å². The van der Waals surface area contributed by atoms with Crippen LogP contribution in [-0.2, 0) is 16.8 Å². The molecule has 4 heteroatoms. The van der Waals surface area contributed by atoms with Crippen molar-refractivity contribution in [2.45, 2.75) is 52.2 Å². The zero-order valence-electron chi connectivity index (χ0n) is 16.3. The lowest BCUT2D eigenvalue weighted by atomic mass is 9.87. The molecule has 140 valence electrons. The molecule has 0 aromatic heterocycles. The first-order chi connectivity index (χ1) is 12.3. The van der Waals surface area contributed by atoms with Gasteiger partial charge in [-0.25, -0.2) is 0 Å². The minimum atomic E-state index is -0.506. The van der Waals surface area contributed by atoms with E-state index < -0.39 is 6.10 Å². The highest BCUT2D eigenvalue weighted by Gasteiger charge is 2.19. The number of methoxy groups -OCH3 is 1. The maximum atomic E-state index is 12.4. The zero-order valence-corrected chi connectivity index (χ0v) is 16.3. The van der Waals surface area contributed by atoms with Crippen LogP contribution in [0, 0.1) is 0 Å². The van der Waals surface area contributed by atoms with Crippen molar-refractivity contribution in [3.05, 3.63) is 59.7 Å². The van der Waals surface area contributed by atoms with Crippen LogP contribution in [0.3, 0.4) is 0 Å². The number of carbonyl (C=O) groups excluding carboxylic acids is 1. The molecule has 2 rings (SSSR count). The highest BCUT2D eigenvalue weighted by atomic mass is 16.5. The topological polar surface area (TPSA) is 47.6 Å². The number of ether oxygens (including phenoxy) is 2. The summed E-state index contributed by atoms with van der Waals surface area (Å²) in [5, 5.41) is 2.94. The van der Waals surface area contributed by atoms with Crippen molar-refractivity contribution in [1.29, 1.82) is 0 Å². The summed E-state index contributed by atoms with van der Waals surface area (Å²) in [5.74, 6) is 1.40. The van der Waals surface area contributed by atoms with Crippen molar-refractivity contribution in [2.24, 2.45) is 0 Å². The molecule has 0 aliphatic rings. The third kappa shape index (κ3) is 5.51. The van der Waals surface area contributed by atoms with E-state index in [4.69, 9.17) is 9.47 Å². The van der Waals surface area contributed by atoms with Gasteiger partial charge in [-0.1, -0.05) is 52.0 Å². The second-order valence-corrected chi connectivity index (χ2v) is 7.35. The molecular formula is C22H29NO3.